The highest BCUT2D eigenvalue weighted by Gasteiger charge is 2.24. The fourth-order valence-corrected chi connectivity index (χ4v) is 2.79. The van der Waals surface area contributed by atoms with E-state index in [0.29, 0.717) is 5.82 Å². The van der Waals surface area contributed by atoms with E-state index in [2.05, 4.69) is 30.4 Å². The maximum atomic E-state index is 11.0. The molecule has 0 spiro atoms. The summed E-state index contributed by atoms with van der Waals surface area (Å²) in [5, 5.41) is 12.4. The SMILES string of the molecule is CCC(CC)(CNc1cc(C(=O)O)c(Cl)cn1)SC. The Bertz CT molecular complexity index is 442. The fourth-order valence-electron chi connectivity index (χ4n) is 1.81. The lowest BCUT2D eigenvalue weighted by Gasteiger charge is -2.30. The summed E-state index contributed by atoms with van der Waals surface area (Å²) in [6.07, 6.45) is 5.53. The second kappa shape index (κ2) is 7.01. The normalized spacial score (nSPS) is 11.4. The van der Waals surface area contributed by atoms with Crippen LogP contribution in [0, 0.1) is 0 Å². The molecule has 0 amide bonds. The molecule has 0 saturated carbocycles. The molecule has 0 atom stereocenters. The van der Waals surface area contributed by atoms with Crippen molar-refractivity contribution in [2.24, 2.45) is 0 Å². The number of carboxylic acid groups (broad SMARTS) is 1. The summed E-state index contributed by atoms with van der Waals surface area (Å²) in [5.41, 5.74) is 0.0712. The number of thioether (sulfide) groups is 1. The average molecular weight is 303 g/mol. The first kappa shape index (κ1) is 16.1. The van der Waals surface area contributed by atoms with E-state index in [1.165, 1.54) is 12.3 Å². The Morgan fingerprint density at radius 1 is 1.53 bits per heavy atom. The second-order valence-corrected chi connectivity index (χ2v) is 5.98. The maximum absolute atomic E-state index is 11.0. The molecule has 1 aromatic rings. The van der Waals surface area contributed by atoms with Crippen molar-refractivity contribution < 1.29 is 9.90 Å². The van der Waals surface area contributed by atoms with Gasteiger partial charge in [-0.15, -0.1) is 0 Å². The molecule has 19 heavy (non-hydrogen) atoms. The van der Waals surface area contributed by atoms with E-state index in [1.807, 2.05) is 11.8 Å². The van der Waals surface area contributed by atoms with Crippen LogP contribution in [-0.4, -0.2) is 33.6 Å². The molecule has 0 aliphatic heterocycles. The average Bonchev–Trinajstić information content (AvgIpc) is 2.42. The molecule has 4 nitrogen and oxygen atoms in total. The number of hydrogen-bond donors (Lipinski definition) is 2. The zero-order chi connectivity index (χ0) is 14.5. The number of anilines is 1. The lowest BCUT2D eigenvalue weighted by atomic mass is 10.0. The summed E-state index contributed by atoms with van der Waals surface area (Å²) in [6, 6.07) is 1.47. The number of rotatable bonds is 7. The quantitative estimate of drug-likeness (QED) is 0.803. The van der Waals surface area contributed by atoms with E-state index >= 15 is 0 Å². The number of aromatic carboxylic acids is 1. The van der Waals surface area contributed by atoms with E-state index in [4.69, 9.17) is 16.7 Å². The van der Waals surface area contributed by atoms with E-state index in [-0.39, 0.29) is 15.3 Å². The van der Waals surface area contributed by atoms with Gasteiger partial charge in [-0.05, 0) is 25.2 Å². The van der Waals surface area contributed by atoms with Crippen LogP contribution in [-0.2, 0) is 0 Å². The number of carboxylic acids is 1. The minimum atomic E-state index is -1.04. The number of aromatic nitrogens is 1. The molecule has 1 aromatic heterocycles. The topological polar surface area (TPSA) is 62.2 Å². The van der Waals surface area contributed by atoms with Gasteiger partial charge in [-0.2, -0.15) is 11.8 Å². The van der Waals surface area contributed by atoms with Crippen LogP contribution in [0.4, 0.5) is 5.82 Å². The van der Waals surface area contributed by atoms with Crippen LogP contribution in [0.1, 0.15) is 37.0 Å². The molecular weight excluding hydrogens is 284 g/mol. The van der Waals surface area contributed by atoms with Gasteiger partial charge in [0.15, 0.2) is 0 Å². The smallest absolute Gasteiger partial charge is 0.337 e. The summed E-state index contributed by atoms with van der Waals surface area (Å²) in [5.74, 6) is -0.500. The standard InChI is InChI=1S/C13H19ClN2O2S/c1-4-13(5-2,19-3)8-16-11-6-9(12(17)18)10(14)7-15-11/h6-7H,4-5,8H2,1-3H3,(H,15,16)(H,17,18). The third-order valence-corrected chi connectivity index (χ3v) is 5.29. The molecule has 0 aliphatic rings. The van der Waals surface area contributed by atoms with Gasteiger partial charge in [0.1, 0.15) is 5.82 Å². The third-order valence-electron chi connectivity index (χ3n) is 3.40. The molecule has 0 unspecified atom stereocenters. The monoisotopic (exact) mass is 302 g/mol. The van der Waals surface area contributed by atoms with Crippen molar-refractivity contribution in [2.45, 2.75) is 31.4 Å². The van der Waals surface area contributed by atoms with E-state index < -0.39 is 5.97 Å². The number of hydrogen-bond acceptors (Lipinski definition) is 4. The minimum absolute atomic E-state index is 0.0712. The van der Waals surface area contributed by atoms with Gasteiger partial charge >= 0.3 is 5.97 Å². The second-order valence-electron chi connectivity index (χ2n) is 4.30. The van der Waals surface area contributed by atoms with Gasteiger partial charge in [0, 0.05) is 17.5 Å². The van der Waals surface area contributed by atoms with Crippen LogP contribution >= 0.6 is 23.4 Å². The number of nitrogens with zero attached hydrogens (tertiary/aromatic N) is 1. The van der Waals surface area contributed by atoms with Gasteiger partial charge in [-0.25, -0.2) is 9.78 Å². The summed E-state index contributed by atoms with van der Waals surface area (Å²) in [6.45, 7) is 5.05. The molecule has 0 aliphatic carbocycles. The highest BCUT2D eigenvalue weighted by molar-refractivity contribution is 8.00. The number of halogens is 1. The van der Waals surface area contributed by atoms with Crippen molar-refractivity contribution in [1.29, 1.82) is 0 Å². The van der Waals surface area contributed by atoms with Crippen molar-refractivity contribution in [3.05, 3.63) is 22.8 Å². The predicted octanol–water partition coefficient (Wildman–Crippen LogP) is 3.77. The van der Waals surface area contributed by atoms with Crippen molar-refractivity contribution in [2.75, 3.05) is 18.1 Å². The lowest BCUT2D eigenvalue weighted by Crippen LogP contribution is -2.32. The highest BCUT2D eigenvalue weighted by Crippen LogP contribution is 2.30. The summed E-state index contributed by atoms with van der Waals surface area (Å²) in [7, 11) is 0. The molecule has 0 radical (unpaired) electrons. The summed E-state index contributed by atoms with van der Waals surface area (Å²) < 4.78 is 0.144. The third kappa shape index (κ3) is 4.01. The lowest BCUT2D eigenvalue weighted by molar-refractivity contribution is 0.0697. The van der Waals surface area contributed by atoms with Gasteiger partial charge in [0.05, 0.1) is 10.6 Å². The zero-order valence-electron chi connectivity index (χ0n) is 11.4. The maximum Gasteiger partial charge on any atom is 0.337 e. The van der Waals surface area contributed by atoms with Crippen LogP contribution < -0.4 is 5.32 Å². The Kier molecular flexibility index (Phi) is 5.94. The van der Waals surface area contributed by atoms with Crippen molar-refractivity contribution in [1.82, 2.24) is 4.98 Å². The molecular formula is C13H19ClN2O2S. The van der Waals surface area contributed by atoms with Gasteiger partial charge in [-0.1, -0.05) is 25.4 Å². The Hall–Kier alpha value is -0.940. The first-order chi connectivity index (χ1) is 8.98. The Balaban J connectivity index is 2.83. The van der Waals surface area contributed by atoms with Crippen molar-refractivity contribution >= 4 is 35.1 Å². The van der Waals surface area contributed by atoms with Gasteiger partial charge in [-0.3, -0.25) is 0 Å². The fraction of sp³-hybridized carbons (Fsp3) is 0.538. The van der Waals surface area contributed by atoms with E-state index in [9.17, 15) is 4.79 Å². The molecule has 0 fully saturated rings. The van der Waals surface area contributed by atoms with Crippen LogP contribution in [0.3, 0.4) is 0 Å². The Morgan fingerprint density at radius 3 is 2.63 bits per heavy atom. The summed E-state index contributed by atoms with van der Waals surface area (Å²) in [4.78, 5) is 15.1. The van der Waals surface area contributed by atoms with Crippen LogP contribution in [0.5, 0.6) is 0 Å². The van der Waals surface area contributed by atoms with Crippen LogP contribution in [0.25, 0.3) is 0 Å². The number of pyridine rings is 1. The largest absolute Gasteiger partial charge is 0.478 e. The molecule has 6 heteroatoms. The number of carbonyl (C=O) groups is 1. The van der Waals surface area contributed by atoms with E-state index in [1.54, 1.807) is 0 Å². The van der Waals surface area contributed by atoms with Crippen molar-refractivity contribution in [3.63, 3.8) is 0 Å². The molecule has 1 heterocycles. The highest BCUT2D eigenvalue weighted by atomic mass is 35.5. The van der Waals surface area contributed by atoms with Gasteiger partial charge in [0.2, 0.25) is 0 Å². The minimum Gasteiger partial charge on any atom is -0.478 e. The molecule has 2 N–H and O–H groups in total. The molecule has 0 aromatic carbocycles. The van der Waals surface area contributed by atoms with Crippen LogP contribution in [0.2, 0.25) is 5.02 Å². The van der Waals surface area contributed by atoms with Crippen LogP contribution in [0.15, 0.2) is 12.3 Å². The molecule has 0 saturated heterocycles. The van der Waals surface area contributed by atoms with Gasteiger partial charge < -0.3 is 10.4 Å². The molecule has 1 rings (SSSR count). The zero-order valence-corrected chi connectivity index (χ0v) is 12.9. The molecule has 0 bridgehead atoms. The summed E-state index contributed by atoms with van der Waals surface area (Å²) >= 11 is 7.61. The Morgan fingerprint density at radius 2 is 2.16 bits per heavy atom. The molecule has 106 valence electrons. The van der Waals surface area contributed by atoms with Crippen molar-refractivity contribution in [3.8, 4) is 0 Å². The first-order valence-corrected chi connectivity index (χ1v) is 7.76. The van der Waals surface area contributed by atoms with E-state index in [0.717, 1.165) is 19.4 Å². The Labute approximate surface area is 123 Å². The first-order valence-electron chi connectivity index (χ1n) is 6.16. The number of nitrogens with one attached hydrogen (secondary N) is 1. The predicted molar refractivity (Wildman–Crippen MR) is 81.5 cm³/mol. The van der Waals surface area contributed by atoms with Gasteiger partial charge in [0.25, 0.3) is 0 Å².